The van der Waals surface area contributed by atoms with Crippen LogP contribution in [-0.2, 0) is 19.3 Å². The summed E-state index contributed by atoms with van der Waals surface area (Å²) in [5.74, 6) is 0. The van der Waals surface area contributed by atoms with Crippen molar-refractivity contribution in [3.63, 3.8) is 0 Å². The van der Waals surface area contributed by atoms with E-state index in [1.54, 1.807) is 12.1 Å². The van der Waals surface area contributed by atoms with Crippen LogP contribution in [0.1, 0.15) is 34.8 Å². The zero-order valence-electron chi connectivity index (χ0n) is 18.5. The Hall–Kier alpha value is -2.01. The second kappa shape index (κ2) is 10.7. The Bertz CT molecular complexity index is 1210. The molecule has 0 amide bonds. The molecule has 2 heterocycles. The molecule has 0 atom stereocenters. The summed E-state index contributed by atoms with van der Waals surface area (Å²) in [6.45, 7) is 6.50. The molecule has 3 rings (SSSR count). The first-order valence-corrected chi connectivity index (χ1v) is 11.8. The Kier molecular flexibility index (Phi) is 8.38. The van der Waals surface area contributed by atoms with Crippen LogP contribution >= 0.6 is 47.0 Å². The zero-order chi connectivity index (χ0) is 25.2. The summed E-state index contributed by atoms with van der Waals surface area (Å²) in [6.07, 6.45) is -4.09. The van der Waals surface area contributed by atoms with Gasteiger partial charge in [-0.15, -0.1) is 0 Å². The molecule has 0 aliphatic rings. The molecule has 1 aromatic carbocycles. The normalized spacial score (nSPS) is 11.7. The molecule has 0 saturated heterocycles. The molecule has 2 aromatic heterocycles. The van der Waals surface area contributed by atoms with E-state index in [0.29, 0.717) is 34.7 Å². The van der Waals surface area contributed by atoms with Crippen LogP contribution in [0.4, 0.5) is 18.9 Å². The molecule has 34 heavy (non-hydrogen) atoms. The van der Waals surface area contributed by atoms with Crippen LogP contribution in [0.25, 0.3) is 0 Å². The van der Waals surface area contributed by atoms with E-state index in [-0.39, 0.29) is 17.3 Å². The van der Waals surface area contributed by atoms with Gasteiger partial charge in [-0.25, -0.2) is 0 Å². The summed E-state index contributed by atoms with van der Waals surface area (Å²) < 4.78 is 41.9. The van der Waals surface area contributed by atoms with Crippen LogP contribution in [-0.4, -0.2) is 31.2 Å². The Labute approximate surface area is 215 Å². The molecular formula is C21H22Cl3F3N6S. The maximum atomic E-state index is 12.9. The van der Waals surface area contributed by atoms with Crippen molar-refractivity contribution >= 4 is 57.8 Å². The highest BCUT2D eigenvalue weighted by Crippen LogP contribution is 2.35. The molecule has 6 nitrogen and oxygen atoms in total. The van der Waals surface area contributed by atoms with E-state index in [1.165, 1.54) is 11.6 Å². The number of anilines is 1. The maximum Gasteiger partial charge on any atom is 0.436 e. The van der Waals surface area contributed by atoms with Gasteiger partial charge in [0.15, 0.2) is 10.8 Å². The van der Waals surface area contributed by atoms with E-state index >= 15 is 0 Å². The number of thiocarbonyl (C=S) groups is 1. The topological polar surface area (TPSA) is 59.7 Å². The zero-order valence-corrected chi connectivity index (χ0v) is 21.6. The maximum absolute atomic E-state index is 12.9. The molecule has 13 heteroatoms. The third-order valence-corrected chi connectivity index (χ3v) is 6.61. The van der Waals surface area contributed by atoms with Gasteiger partial charge in [-0.2, -0.15) is 23.4 Å². The van der Waals surface area contributed by atoms with Gasteiger partial charge in [-0.3, -0.25) is 9.36 Å². The number of aryl methyl sites for hydroxylation is 2. The minimum atomic E-state index is -4.59. The van der Waals surface area contributed by atoms with Gasteiger partial charge in [0.2, 0.25) is 0 Å². The van der Waals surface area contributed by atoms with Gasteiger partial charge in [0.25, 0.3) is 0 Å². The van der Waals surface area contributed by atoms with E-state index in [1.807, 2.05) is 24.6 Å². The molecule has 0 fully saturated rings. The minimum absolute atomic E-state index is 0.261. The van der Waals surface area contributed by atoms with E-state index in [0.717, 1.165) is 22.6 Å². The molecule has 0 radical (unpaired) electrons. The third-order valence-electron chi connectivity index (χ3n) is 5.17. The molecule has 184 valence electrons. The van der Waals surface area contributed by atoms with Crippen LogP contribution in [0, 0.1) is 20.8 Å². The summed E-state index contributed by atoms with van der Waals surface area (Å²) in [4.78, 5) is 0. The number of benzene rings is 1. The molecule has 3 aromatic rings. The highest BCUT2D eigenvalue weighted by molar-refractivity contribution is 7.80. The Morgan fingerprint density at radius 2 is 1.74 bits per heavy atom. The molecule has 0 aliphatic carbocycles. The summed E-state index contributed by atoms with van der Waals surface area (Å²) in [6, 6.07) is 5.42. The van der Waals surface area contributed by atoms with Crippen molar-refractivity contribution in [3.05, 3.63) is 61.6 Å². The van der Waals surface area contributed by atoms with E-state index in [9.17, 15) is 13.2 Å². The largest absolute Gasteiger partial charge is 0.436 e. The van der Waals surface area contributed by atoms with Crippen molar-refractivity contribution in [3.8, 4) is 0 Å². The van der Waals surface area contributed by atoms with Gasteiger partial charge in [-0.1, -0.05) is 40.9 Å². The molecule has 0 aliphatic heterocycles. The smallest absolute Gasteiger partial charge is 0.362 e. The van der Waals surface area contributed by atoms with Crippen molar-refractivity contribution in [1.82, 2.24) is 24.9 Å². The van der Waals surface area contributed by atoms with Crippen molar-refractivity contribution in [2.75, 3.05) is 11.9 Å². The van der Waals surface area contributed by atoms with Crippen LogP contribution in [0.15, 0.2) is 18.2 Å². The fourth-order valence-corrected chi connectivity index (χ4v) is 4.12. The molecule has 0 bridgehead atoms. The first kappa shape index (κ1) is 26.6. The number of nitrogens with one attached hydrogen (secondary N) is 2. The standard InChI is InChI=1S/C21H22Cl3F3N6S/c1-11-18(13(3)33(30-11)10-14-5-6-15(22)16(23)9-14)29-20(34)28-7-4-8-32-12(2)17(24)19(31-32)21(25,26)27/h5-6,9H,4,7-8,10H2,1-3H3,(H2,28,29,34). The summed E-state index contributed by atoms with van der Waals surface area (Å²) in [7, 11) is 0. The average Bonchev–Trinajstić information content (AvgIpc) is 3.18. The molecule has 2 N–H and O–H groups in total. The number of nitrogens with zero attached hydrogens (tertiary/aromatic N) is 4. The first-order chi connectivity index (χ1) is 15.9. The number of alkyl halides is 3. The van der Waals surface area contributed by atoms with Crippen molar-refractivity contribution in [1.29, 1.82) is 0 Å². The first-order valence-electron chi connectivity index (χ1n) is 10.2. The second-order valence-electron chi connectivity index (χ2n) is 7.66. The number of hydrogen-bond acceptors (Lipinski definition) is 3. The van der Waals surface area contributed by atoms with Gasteiger partial charge in [0.05, 0.1) is 44.4 Å². The summed E-state index contributed by atoms with van der Waals surface area (Å²) in [5.41, 5.74) is 2.59. The summed E-state index contributed by atoms with van der Waals surface area (Å²) in [5, 5.41) is 15.3. The van der Waals surface area contributed by atoms with E-state index in [4.69, 9.17) is 47.0 Å². The van der Waals surface area contributed by atoms with Crippen molar-refractivity contribution in [2.24, 2.45) is 0 Å². The third kappa shape index (κ3) is 6.16. The van der Waals surface area contributed by atoms with Crippen LogP contribution in [0.5, 0.6) is 0 Å². The highest BCUT2D eigenvalue weighted by atomic mass is 35.5. The molecule has 0 saturated carbocycles. The van der Waals surface area contributed by atoms with E-state index < -0.39 is 11.9 Å². The lowest BCUT2D eigenvalue weighted by molar-refractivity contribution is -0.141. The van der Waals surface area contributed by atoms with Crippen LogP contribution < -0.4 is 10.6 Å². The highest BCUT2D eigenvalue weighted by Gasteiger charge is 2.38. The minimum Gasteiger partial charge on any atom is -0.362 e. The fourth-order valence-electron chi connectivity index (χ4n) is 3.35. The molecule has 0 unspecified atom stereocenters. The number of rotatable bonds is 7. The second-order valence-corrected chi connectivity index (χ2v) is 9.26. The predicted molar refractivity (Wildman–Crippen MR) is 133 cm³/mol. The summed E-state index contributed by atoms with van der Waals surface area (Å²) >= 11 is 23.2. The Morgan fingerprint density at radius 3 is 2.35 bits per heavy atom. The van der Waals surface area contributed by atoms with Gasteiger partial charge >= 0.3 is 6.18 Å². The van der Waals surface area contributed by atoms with Crippen LogP contribution in [0.3, 0.4) is 0 Å². The van der Waals surface area contributed by atoms with Gasteiger partial charge in [0, 0.05) is 13.1 Å². The van der Waals surface area contributed by atoms with Crippen molar-refractivity contribution in [2.45, 2.75) is 46.5 Å². The lowest BCUT2D eigenvalue weighted by atomic mass is 10.2. The lowest BCUT2D eigenvalue weighted by Crippen LogP contribution is -2.30. The Balaban J connectivity index is 1.55. The van der Waals surface area contributed by atoms with Gasteiger partial charge < -0.3 is 10.6 Å². The monoisotopic (exact) mass is 552 g/mol. The molecule has 0 spiro atoms. The van der Waals surface area contributed by atoms with Crippen LogP contribution in [0.2, 0.25) is 15.1 Å². The average molecular weight is 554 g/mol. The number of aromatic nitrogens is 4. The van der Waals surface area contributed by atoms with Gasteiger partial charge in [0.1, 0.15) is 0 Å². The lowest BCUT2D eigenvalue weighted by Gasteiger charge is -2.12. The fraction of sp³-hybridized carbons (Fsp3) is 0.381. The SMILES string of the molecule is Cc1nn(Cc2ccc(Cl)c(Cl)c2)c(C)c1NC(=S)NCCCn1nc(C(F)(F)F)c(Cl)c1C. The Morgan fingerprint density at radius 1 is 1.03 bits per heavy atom. The van der Waals surface area contributed by atoms with E-state index in [2.05, 4.69) is 20.8 Å². The number of halogens is 6. The molecular weight excluding hydrogens is 532 g/mol. The predicted octanol–water partition coefficient (Wildman–Crippen LogP) is 6.41. The number of hydrogen-bond donors (Lipinski definition) is 2. The van der Waals surface area contributed by atoms with Crippen molar-refractivity contribution < 1.29 is 13.2 Å². The van der Waals surface area contributed by atoms with Gasteiger partial charge in [-0.05, 0) is 57.1 Å². The quantitative estimate of drug-likeness (QED) is 0.262.